The first-order valence-corrected chi connectivity index (χ1v) is 9.94. The maximum atomic E-state index is 13.4. The molecule has 0 aliphatic carbocycles. The average molecular weight is 387 g/mol. The van der Waals surface area contributed by atoms with Crippen molar-refractivity contribution in [3.8, 4) is 5.75 Å². The summed E-state index contributed by atoms with van der Waals surface area (Å²) in [5.74, 6) is 0.279. The van der Waals surface area contributed by atoms with Gasteiger partial charge < -0.3 is 19.4 Å². The van der Waals surface area contributed by atoms with Crippen LogP contribution in [-0.2, 0) is 14.4 Å². The molecule has 2 fully saturated rings. The SMILES string of the molecule is CCN1C(=O)C[C@@H](C(=O)N2CCCN(C(C)=O)CC2)[C@@H]1c1ccccc1OC. The highest BCUT2D eigenvalue weighted by Crippen LogP contribution is 2.42. The van der Waals surface area contributed by atoms with Crippen molar-refractivity contribution in [3.05, 3.63) is 29.8 Å². The molecule has 3 amide bonds. The maximum absolute atomic E-state index is 13.4. The number of hydrogen-bond acceptors (Lipinski definition) is 4. The average Bonchev–Trinajstić information content (AvgIpc) is 2.86. The molecule has 2 atom stereocenters. The molecule has 28 heavy (non-hydrogen) atoms. The quantitative estimate of drug-likeness (QED) is 0.788. The summed E-state index contributed by atoms with van der Waals surface area (Å²) in [5, 5.41) is 0. The summed E-state index contributed by atoms with van der Waals surface area (Å²) in [6, 6.07) is 7.27. The Morgan fingerprint density at radius 2 is 1.79 bits per heavy atom. The van der Waals surface area contributed by atoms with Crippen LogP contribution in [0.4, 0.5) is 0 Å². The van der Waals surface area contributed by atoms with Gasteiger partial charge in [-0.3, -0.25) is 14.4 Å². The van der Waals surface area contributed by atoms with Crippen molar-refractivity contribution in [1.29, 1.82) is 0 Å². The Morgan fingerprint density at radius 3 is 2.46 bits per heavy atom. The standard InChI is InChI=1S/C21H29N3O4/c1-4-24-19(26)14-17(20(24)16-8-5-6-9-18(16)28-3)21(27)23-11-7-10-22(12-13-23)15(2)25/h5-6,8-9,17,20H,4,7,10-14H2,1-3H3/t17-,20+/m1/s1. The number of likely N-dealkylation sites (tertiary alicyclic amines) is 1. The van der Waals surface area contributed by atoms with Gasteiger partial charge in [-0.15, -0.1) is 0 Å². The van der Waals surface area contributed by atoms with Gasteiger partial charge in [0.1, 0.15) is 5.75 Å². The number of methoxy groups -OCH3 is 1. The first-order valence-electron chi connectivity index (χ1n) is 9.94. The van der Waals surface area contributed by atoms with Gasteiger partial charge in [-0.2, -0.15) is 0 Å². The summed E-state index contributed by atoms with van der Waals surface area (Å²) in [5.41, 5.74) is 0.872. The second kappa shape index (κ2) is 8.63. The molecule has 1 aromatic carbocycles. The zero-order valence-electron chi connectivity index (χ0n) is 16.9. The molecule has 0 aromatic heterocycles. The largest absolute Gasteiger partial charge is 0.496 e. The first-order chi connectivity index (χ1) is 13.5. The zero-order valence-corrected chi connectivity index (χ0v) is 16.9. The zero-order chi connectivity index (χ0) is 20.3. The van der Waals surface area contributed by atoms with E-state index in [9.17, 15) is 14.4 Å². The van der Waals surface area contributed by atoms with E-state index in [0.717, 1.165) is 12.0 Å². The van der Waals surface area contributed by atoms with E-state index in [1.807, 2.05) is 36.1 Å². The third-order valence-corrected chi connectivity index (χ3v) is 5.80. The maximum Gasteiger partial charge on any atom is 0.228 e. The Kier molecular flexibility index (Phi) is 6.21. The van der Waals surface area contributed by atoms with Gasteiger partial charge >= 0.3 is 0 Å². The van der Waals surface area contributed by atoms with E-state index in [-0.39, 0.29) is 30.2 Å². The summed E-state index contributed by atoms with van der Waals surface area (Å²) >= 11 is 0. The van der Waals surface area contributed by atoms with Crippen molar-refractivity contribution in [2.75, 3.05) is 39.8 Å². The van der Waals surface area contributed by atoms with Crippen LogP contribution in [0, 0.1) is 5.92 Å². The van der Waals surface area contributed by atoms with Crippen LogP contribution in [0.25, 0.3) is 0 Å². The molecule has 152 valence electrons. The van der Waals surface area contributed by atoms with Gasteiger partial charge in [-0.05, 0) is 19.4 Å². The third kappa shape index (κ3) is 3.84. The van der Waals surface area contributed by atoms with Gasteiger partial charge in [0.25, 0.3) is 0 Å². The molecule has 2 saturated heterocycles. The van der Waals surface area contributed by atoms with Crippen LogP contribution in [0.5, 0.6) is 5.75 Å². The smallest absolute Gasteiger partial charge is 0.228 e. The molecule has 0 N–H and O–H groups in total. The van der Waals surface area contributed by atoms with E-state index in [2.05, 4.69) is 0 Å². The molecule has 3 rings (SSSR count). The number of para-hydroxylation sites is 1. The summed E-state index contributed by atoms with van der Waals surface area (Å²) < 4.78 is 5.51. The lowest BCUT2D eigenvalue weighted by molar-refractivity contribution is -0.137. The molecule has 0 bridgehead atoms. The van der Waals surface area contributed by atoms with Gasteiger partial charge in [0.05, 0.1) is 19.1 Å². The van der Waals surface area contributed by atoms with Crippen LogP contribution in [-0.4, -0.2) is 72.3 Å². The summed E-state index contributed by atoms with van der Waals surface area (Å²) in [4.78, 5) is 43.1. The normalized spacial score (nSPS) is 23.0. The van der Waals surface area contributed by atoms with Gasteiger partial charge in [0.15, 0.2) is 0 Å². The van der Waals surface area contributed by atoms with E-state index in [0.29, 0.717) is 38.5 Å². The van der Waals surface area contributed by atoms with Crippen molar-refractivity contribution >= 4 is 17.7 Å². The number of carbonyl (C=O) groups excluding carboxylic acids is 3. The molecule has 1 aromatic rings. The minimum Gasteiger partial charge on any atom is -0.496 e. The molecule has 0 spiro atoms. The Labute approximate surface area is 166 Å². The molecule has 2 heterocycles. The molecule has 2 aliphatic heterocycles. The Hall–Kier alpha value is -2.57. The van der Waals surface area contributed by atoms with Crippen LogP contribution in [0.3, 0.4) is 0 Å². The predicted molar refractivity (Wildman–Crippen MR) is 105 cm³/mol. The Bertz CT molecular complexity index is 751. The molecule has 0 radical (unpaired) electrons. The Balaban J connectivity index is 1.87. The summed E-state index contributed by atoms with van der Waals surface area (Å²) in [7, 11) is 1.61. The van der Waals surface area contributed by atoms with E-state index in [1.54, 1.807) is 23.8 Å². The second-order valence-corrected chi connectivity index (χ2v) is 7.36. The van der Waals surface area contributed by atoms with Crippen molar-refractivity contribution in [2.45, 2.75) is 32.7 Å². The van der Waals surface area contributed by atoms with E-state index in [1.165, 1.54) is 0 Å². The number of rotatable bonds is 4. The molecule has 7 nitrogen and oxygen atoms in total. The highest BCUT2D eigenvalue weighted by atomic mass is 16.5. The van der Waals surface area contributed by atoms with Crippen LogP contribution in [0.15, 0.2) is 24.3 Å². The highest BCUT2D eigenvalue weighted by molar-refractivity contribution is 5.90. The number of amides is 3. The van der Waals surface area contributed by atoms with Crippen molar-refractivity contribution in [2.24, 2.45) is 5.92 Å². The topological polar surface area (TPSA) is 70.2 Å². The molecule has 7 heteroatoms. The monoisotopic (exact) mass is 387 g/mol. The summed E-state index contributed by atoms with van der Waals surface area (Å²) in [6.45, 7) is 6.36. The van der Waals surface area contributed by atoms with E-state index < -0.39 is 5.92 Å². The van der Waals surface area contributed by atoms with E-state index in [4.69, 9.17) is 4.74 Å². The number of benzene rings is 1. The number of hydrogen-bond donors (Lipinski definition) is 0. The molecular weight excluding hydrogens is 358 g/mol. The summed E-state index contributed by atoms with van der Waals surface area (Å²) in [6.07, 6.45) is 0.963. The molecular formula is C21H29N3O4. The lowest BCUT2D eigenvalue weighted by Gasteiger charge is -2.31. The van der Waals surface area contributed by atoms with Crippen LogP contribution < -0.4 is 4.74 Å². The van der Waals surface area contributed by atoms with Gasteiger partial charge in [-0.1, -0.05) is 18.2 Å². The molecule has 2 aliphatic rings. The van der Waals surface area contributed by atoms with Crippen molar-refractivity contribution in [1.82, 2.24) is 14.7 Å². The minimum atomic E-state index is -0.437. The number of ether oxygens (including phenoxy) is 1. The Morgan fingerprint density at radius 1 is 1.11 bits per heavy atom. The fraction of sp³-hybridized carbons (Fsp3) is 0.571. The lowest BCUT2D eigenvalue weighted by atomic mass is 9.91. The van der Waals surface area contributed by atoms with Crippen molar-refractivity contribution in [3.63, 3.8) is 0 Å². The molecule has 0 saturated carbocycles. The fourth-order valence-corrected chi connectivity index (χ4v) is 4.37. The first kappa shape index (κ1) is 20.2. The van der Waals surface area contributed by atoms with Crippen LogP contribution in [0.2, 0.25) is 0 Å². The van der Waals surface area contributed by atoms with Crippen molar-refractivity contribution < 1.29 is 19.1 Å². The second-order valence-electron chi connectivity index (χ2n) is 7.36. The molecule has 0 unspecified atom stereocenters. The van der Waals surface area contributed by atoms with Gasteiger partial charge in [0.2, 0.25) is 17.7 Å². The van der Waals surface area contributed by atoms with Gasteiger partial charge in [-0.25, -0.2) is 0 Å². The number of carbonyl (C=O) groups is 3. The minimum absolute atomic E-state index is 0.00283. The van der Waals surface area contributed by atoms with Gasteiger partial charge in [0, 0.05) is 51.6 Å². The predicted octanol–water partition coefficient (Wildman–Crippen LogP) is 1.69. The number of nitrogens with zero attached hydrogens (tertiary/aromatic N) is 3. The highest BCUT2D eigenvalue weighted by Gasteiger charge is 2.46. The lowest BCUT2D eigenvalue weighted by Crippen LogP contribution is -2.41. The fourth-order valence-electron chi connectivity index (χ4n) is 4.37. The third-order valence-electron chi connectivity index (χ3n) is 5.80. The van der Waals surface area contributed by atoms with E-state index >= 15 is 0 Å². The van der Waals surface area contributed by atoms with Crippen LogP contribution >= 0.6 is 0 Å². The van der Waals surface area contributed by atoms with Crippen LogP contribution in [0.1, 0.15) is 38.3 Å².